The predicted octanol–water partition coefficient (Wildman–Crippen LogP) is 4.34. The van der Waals surface area contributed by atoms with Crippen molar-refractivity contribution >= 4 is 28.5 Å². The van der Waals surface area contributed by atoms with Gasteiger partial charge >= 0.3 is 5.97 Å². The number of fused-ring (bicyclic) bond motifs is 1. The number of aryl methyl sites for hydroxylation is 3. The van der Waals surface area contributed by atoms with Crippen LogP contribution in [0, 0.1) is 13.8 Å². The summed E-state index contributed by atoms with van der Waals surface area (Å²) in [5.74, 6) is -0.826. The summed E-state index contributed by atoms with van der Waals surface area (Å²) >= 11 is 0. The van der Waals surface area contributed by atoms with E-state index in [1.807, 2.05) is 50.2 Å². The Morgan fingerprint density at radius 1 is 1.11 bits per heavy atom. The quantitative estimate of drug-likeness (QED) is 0.660. The van der Waals surface area contributed by atoms with Gasteiger partial charge in [0.25, 0.3) is 5.91 Å². The molecule has 3 aromatic rings. The van der Waals surface area contributed by atoms with Crippen LogP contribution in [0.15, 0.2) is 47.1 Å². The van der Waals surface area contributed by atoms with Crippen molar-refractivity contribution in [1.29, 1.82) is 0 Å². The molecule has 3 rings (SSSR count). The molecule has 0 spiro atoms. The van der Waals surface area contributed by atoms with Gasteiger partial charge in [-0.25, -0.2) is 0 Å². The number of ether oxygens (including phenoxy) is 1. The van der Waals surface area contributed by atoms with Crippen LogP contribution in [0.5, 0.6) is 0 Å². The van der Waals surface area contributed by atoms with E-state index in [0.717, 1.165) is 34.1 Å². The number of carbonyl (C=O) groups excluding carboxylic acids is 2. The molecule has 140 valence electrons. The molecule has 0 atom stereocenters. The number of amides is 1. The van der Waals surface area contributed by atoms with Gasteiger partial charge in [0.1, 0.15) is 5.58 Å². The molecule has 1 N–H and O–H groups in total. The summed E-state index contributed by atoms with van der Waals surface area (Å²) in [6.45, 7) is 5.67. The average Bonchev–Trinajstić information content (AvgIpc) is 3.04. The Balaban J connectivity index is 1.56. The van der Waals surface area contributed by atoms with Crippen LogP contribution in [-0.4, -0.2) is 18.5 Å². The third-order valence-electron chi connectivity index (χ3n) is 4.48. The van der Waals surface area contributed by atoms with Crippen molar-refractivity contribution in [2.75, 3.05) is 11.9 Å². The molecule has 0 aliphatic rings. The molecule has 2 aromatic carbocycles. The van der Waals surface area contributed by atoms with E-state index in [1.165, 1.54) is 5.56 Å². The second-order valence-electron chi connectivity index (χ2n) is 6.65. The smallest absolute Gasteiger partial charge is 0.310 e. The Morgan fingerprint density at radius 3 is 2.67 bits per heavy atom. The maximum absolute atomic E-state index is 12.1. The first kappa shape index (κ1) is 18.7. The maximum atomic E-state index is 12.1. The van der Waals surface area contributed by atoms with Crippen LogP contribution in [0.1, 0.15) is 29.2 Å². The zero-order valence-corrected chi connectivity index (χ0v) is 15.8. The van der Waals surface area contributed by atoms with Crippen LogP contribution < -0.4 is 5.32 Å². The van der Waals surface area contributed by atoms with Gasteiger partial charge in [-0.2, -0.15) is 0 Å². The molecule has 0 unspecified atom stereocenters. The van der Waals surface area contributed by atoms with Gasteiger partial charge in [0.15, 0.2) is 6.61 Å². The molecule has 0 saturated carbocycles. The molecule has 5 nitrogen and oxygen atoms in total. The zero-order chi connectivity index (χ0) is 19.4. The van der Waals surface area contributed by atoms with Crippen LogP contribution in [0.3, 0.4) is 0 Å². The van der Waals surface area contributed by atoms with Crippen LogP contribution in [0.4, 0.5) is 5.69 Å². The average molecular weight is 365 g/mol. The lowest BCUT2D eigenvalue weighted by Crippen LogP contribution is -2.22. The third kappa shape index (κ3) is 4.56. The highest BCUT2D eigenvalue weighted by molar-refractivity contribution is 5.94. The van der Waals surface area contributed by atoms with Crippen LogP contribution in [0.2, 0.25) is 0 Å². The van der Waals surface area contributed by atoms with Gasteiger partial charge in [-0.1, -0.05) is 36.8 Å². The first-order valence-electron chi connectivity index (χ1n) is 8.98. The molecule has 1 amide bonds. The van der Waals surface area contributed by atoms with E-state index in [9.17, 15) is 9.59 Å². The van der Waals surface area contributed by atoms with Crippen molar-refractivity contribution < 1.29 is 18.7 Å². The van der Waals surface area contributed by atoms with Crippen molar-refractivity contribution in [2.45, 2.75) is 33.6 Å². The number of hydrogen-bond donors (Lipinski definition) is 1. The summed E-state index contributed by atoms with van der Waals surface area (Å²) in [4.78, 5) is 24.1. The Labute approximate surface area is 158 Å². The Bertz CT molecular complexity index is 987. The second kappa shape index (κ2) is 8.08. The molecule has 27 heavy (non-hydrogen) atoms. The summed E-state index contributed by atoms with van der Waals surface area (Å²) in [5.41, 5.74) is 5.49. The minimum absolute atomic E-state index is 0.0648. The lowest BCUT2D eigenvalue weighted by Gasteiger charge is -2.09. The summed E-state index contributed by atoms with van der Waals surface area (Å²) in [7, 11) is 0. The normalized spacial score (nSPS) is 10.8. The van der Waals surface area contributed by atoms with Crippen LogP contribution in [-0.2, 0) is 27.2 Å². The van der Waals surface area contributed by atoms with E-state index in [1.54, 1.807) is 6.26 Å². The molecule has 0 aliphatic carbocycles. The number of furan rings is 1. The van der Waals surface area contributed by atoms with Gasteiger partial charge < -0.3 is 14.5 Å². The lowest BCUT2D eigenvalue weighted by molar-refractivity contribution is -0.146. The Hall–Kier alpha value is -3.08. The molecular formula is C22H23NO4. The second-order valence-corrected chi connectivity index (χ2v) is 6.65. The van der Waals surface area contributed by atoms with E-state index in [2.05, 4.69) is 12.2 Å². The number of benzene rings is 2. The van der Waals surface area contributed by atoms with Gasteiger partial charge in [-0.05, 0) is 43.5 Å². The highest BCUT2D eigenvalue weighted by Crippen LogP contribution is 2.23. The number of esters is 1. The number of hydrogen-bond acceptors (Lipinski definition) is 4. The highest BCUT2D eigenvalue weighted by atomic mass is 16.5. The summed E-state index contributed by atoms with van der Waals surface area (Å²) in [6, 6.07) is 11.7. The first-order valence-corrected chi connectivity index (χ1v) is 8.98. The first-order chi connectivity index (χ1) is 13.0. The molecule has 1 heterocycles. The predicted molar refractivity (Wildman–Crippen MR) is 105 cm³/mol. The van der Waals surface area contributed by atoms with E-state index in [0.29, 0.717) is 5.69 Å². The molecule has 5 heteroatoms. The van der Waals surface area contributed by atoms with Crippen molar-refractivity contribution in [2.24, 2.45) is 0 Å². The number of anilines is 1. The molecule has 0 bridgehead atoms. The highest BCUT2D eigenvalue weighted by Gasteiger charge is 2.14. The fourth-order valence-corrected chi connectivity index (χ4v) is 2.98. The minimum atomic E-state index is -0.465. The fourth-order valence-electron chi connectivity index (χ4n) is 2.98. The molecule has 1 aromatic heterocycles. The van der Waals surface area contributed by atoms with Gasteiger partial charge in [-0.15, -0.1) is 0 Å². The van der Waals surface area contributed by atoms with Crippen molar-refractivity contribution in [1.82, 2.24) is 0 Å². The molecular weight excluding hydrogens is 342 g/mol. The minimum Gasteiger partial charge on any atom is -0.464 e. The van der Waals surface area contributed by atoms with Crippen LogP contribution >= 0.6 is 0 Å². The number of rotatable bonds is 6. The van der Waals surface area contributed by atoms with E-state index in [4.69, 9.17) is 9.15 Å². The zero-order valence-electron chi connectivity index (χ0n) is 15.8. The SMILES string of the molecule is CCc1ccc2c(CC(=O)OCC(=O)Nc3ccc(C)cc3C)coc2c1. The Kier molecular flexibility index (Phi) is 5.60. The monoisotopic (exact) mass is 365 g/mol. The molecule has 0 saturated heterocycles. The van der Waals surface area contributed by atoms with Crippen molar-refractivity contribution in [3.05, 3.63) is 64.9 Å². The largest absolute Gasteiger partial charge is 0.464 e. The lowest BCUT2D eigenvalue weighted by atomic mass is 10.1. The van der Waals surface area contributed by atoms with E-state index in [-0.39, 0.29) is 18.9 Å². The van der Waals surface area contributed by atoms with Gasteiger partial charge in [0.05, 0.1) is 12.7 Å². The maximum Gasteiger partial charge on any atom is 0.310 e. The summed E-state index contributed by atoms with van der Waals surface area (Å²) in [6.07, 6.45) is 2.56. The van der Waals surface area contributed by atoms with Crippen molar-refractivity contribution in [3.8, 4) is 0 Å². The number of nitrogens with one attached hydrogen (secondary N) is 1. The van der Waals surface area contributed by atoms with E-state index < -0.39 is 5.97 Å². The van der Waals surface area contributed by atoms with Crippen molar-refractivity contribution in [3.63, 3.8) is 0 Å². The molecule has 0 radical (unpaired) electrons. The van der Waals surface area contributed by atoms with Gasteiger partial charge in [0, 0.05) is 16.6 Å². The molecule has 0 aliphatic heterocycles. The van der Waals surface area contributed by atoms with E-state index >= 15 is 0 Å². The number of carbonyl (C=O) groups is 2. The van der Waals surface area contributed by atoms with Crippen LogP contribution in [0.25, 0.3) is 11.0 Å². The summed E-state index contributed by atoms with van der Waals surface area (Å²) in [5, 5.41) is 3.65. The Morgan fingerprint density at radius 2 is 1.93 bits per heavy atom. The topological polar surface area (TPSA) is 68.5 Å². The molecule has 0 fully saturated rings. The third-order valence-corrected chi connectivity index (χ3v) is 4.48. The van der Waals surface area contributed by atoms with Gasteiger partial charge in [0.2, 0.25) is 0 Å². The summed E-state index contributed by atoms with van der Waals surface area (Å²) < 4.78 is 10.6. The van der Waals surface area contributed by atoms with Gasteiger partial charge in [-0.3, -0.25) is 9.59 Å². The standard InChI is InChI=1S/C22H23NO4/c1-4-16-6-7-18-17(12-26-20(18)10-16)11-22(25)27-13-21(24)23-19-8-5-14(2)9-15(19)3/h5-10,12H,4,11,13H2,1-3H3,(H,23,24). The fraction of sp³-hybridized carbons (Fsp3) is 0.273.